The number of piperazine rings is 1. The number of nitriles is 1. The van der Waals surface area contributed by atoms with E-state index in [1.807, 2.05) is 17.9 Å². The fraction of sp³-hybridized carbons (Fsp3) is 0.353. The highest BCUT2D eigenvalue weighted by Crippen LogP contribution is 2.20. The average molecular weight is 347 g/mol. The van der Waals surface area contributed by atoms with Crippen LogP contribution < -0.4 is 5.32 Å². The third kappa shape index (κ3) is 4.49. The highest BCUT2D eigenvalue weighted by Gasteiger charge is 2.19. The molecule has 2 amide bonds. The highest BCUT2D eigenvalue weighted by molar-refractivity contribution is 6.31. The summed E-state index contributed by atoms with van der Waals surface area (Å²) in [6.07, 6.45) is 1.55. The van der Waals surface area contributed by atoms with E-state index in [4.69, 9.17) is 11.6 Å². The maximum Gasteiger partial charge on any atom is 0.267 e. The van der Waals surface area contributed by atoms with E-state index in [0.717, 1.165) is 5.56 Å². The molecule has 0 bridgehead atoms. The van der Waals surface area contributed by atoms with Crippen LogP contribution >= 0.6 is 11.6 Å². The SMILES string of the molecule is CC(=O)N1CCN(/C=C(/C#N)C(=O)Nc2cc(Cl)ccc2C)CC1. The Morgan fingerprint density at radius 3 is 2.54 bits per heavy atom. The summed E-state index contributed by atoms with van der Waals surface area (Å²) in [5.74, 6) is -0.440. The summed E-state index contributed by atoms with van der Waals surface area (Å²) in [5, 5.41) is 12.5. The fourth-order valence-electron chi connectivity index (χ4n) is 2.41. The molecule has 0 saturated carbocycles. The molecule has 24 heavy (non-hydrogen) atoms. The van der Waals surface area contributed by atoms with Crippen LogP contribution in [0.2, 0.25) is 5.02 Å². The van der Waals surface area contributed by atoms with E-state index in [1.54, 1.807) is 29.3 Å². The Morgan fingerprint density at radius 2 is 1.96 bits per heavy atom. The summed E-state index contributed by atoms with van der Waals surface area (Å²) < 4.78 is 0. The monoisotopic (exact) mass is 346 g/mol. The predicted molar refractivity (Wildman–Crippen MR) is 92.3 cm³/mol. The molecule has 1 aliphatic rings. The van der Waals surface area contributed by atoms with Crippen LogP contribution in [0.5, 0.6) is 0 Å². The van der Waals surface area contributed by atoms with Gasteiger partial charge in [-0.15, -0.1) is 0 Å². The van der Waals surface area contributed by atoms with Crippen LogP contribution in [-0.2, 0) is 9.59 Å². The van der Waals surface area contributed by atoms with E-state index in [1.165, 1.54) is 6.92 Å². The van der Waals surface area contributed by atoms with Crippen LogP contribution in [0.3, 0.4) is 0 Å². The maximum atomic E-state index is 12.3. The molecule has 1 aliphatic heterocycles. The Hall–Kier alpha value is -2.52. The van der Waals surface area contributed by atoms with Crippen LogP contribution in [0.25, 0.3) is 0 Å². The largest absolute Gasteiger partial charge is 0.373 e. The molecule has 7 heteroatoms. The third-order valence-corrected chi connectivity index (χ3v) is 4.12. The van der Waals surface area contributed by atoms with Crippen molar-refractivity contribution in [1.29, 1.82) is 5.26 Å². The molecule has 6 nitrogen and oxygen atoms in total. The zero-order valence-corrected chi connectivity index (χ0v) is 14.4. The van der Waals surface area contributed by atoms with Gasteiger partial charge in [-0.25, -0.2) is 0 Å². The van der Waals surface area contributed by atoms with Gasteiger partial charge in [0.2, 0.25) is 5.91 Å². The second-order valence-electron chi connectivity index (χ2n) is 5.61. The van der Waals surface area contributed by atoms with E-state index in [2.05, 4.69) is 5.32 Å². The van der Waals surface area contributed by atoms with Gasteiger partial charge in [0.25, 0.3) is 5.91 Å². The molecule has 1 heterocycles. The van der Waals surface area contributed by atoms with Gasteiger partial charge in [0, 0.05) is 50.0 Å². The van der Waals surface area contributed by atoms with Crippen LogP contribution in [0.15, 0.2) is 30.0 Å². The standard InChI is InChI=1S/C17H19ClN4O2/c1-12-3-4-15(18)9-16(12)20-17(24)14(10-19)11-21-5-7-22(8-6-21)13(2)23/h3-4,9,11H,5-8H2,1-2H3,(H,20,24)/b14-11-. The zero-order valence-electron chi connectivity index (χ0n) is 13.7. The molecule has 126 valence electrons. The van der Waals surface area contributed by atoms with E-state index >= 15 is 0 Å². The molecule has 0 spiro atoms. The Balaban J connectivity index is 2.05. The Morgan fingerprint density at radius 1 is 1.29 bits per heavy atom. The van der Waals surface area contributed by atoms with Crippen molar-refractivity contribution in [3.05, 3.63) is 40.6 Å². The van der Waals surface area contributed by atoms with E-state index < -0.39 is 5.91 Å². The molecule has 2 rings (SSSR count). The number of hydrogen-bond donors (Lipinski definition) is 1. The first-order chi connectivity index (χ1) is 11.4. The maximum absolute atomic E-state index is 12.3. The lowest BCUT2D eigenvalue weighted by atomic mass is 10.2. The van der Waals surface area contributed by atoms with Gasteiger partial charge in [-0.3, -0.25) is 9.59 Å². The minimum Gasteiger partial charge on any atom is -0.373 e. The number of hydrogen-bond acceptors (Lipinski definition) is 4. The molecule has 1 aromatic carbocycles. The first-order valence-electron chi connectivity index (χ1n) is 7.59. The van der Waals surface area contributed by atoms with Crippen LogP contribution in [0, 0.1) is 18.3 Å². The second-order valence-corrected chi connectivity index (χ2v) is 6.05. The van der Waals surface area contributed by atoms with Crippen molar-refractivity contribution in [2.45, 2.75) is 13.8 Å². The quantitative estimate of drug-likeness (QED) is 0.672. The molecule has 0 atom stereocenters. The van der Waals surface area contributed by atoms with Gasteiger partial charge in [0.1, 0.15) is 11.6 Å². The minimum atomic E-state index is -0.475. The number of amides is 2. The number of aryl methyl sites for hydroxylation is 1. The molecule has 1 N–H and O–H groups in total. The van der Waals surface area contributed by atoms with Gasteiger partial charge < -0.3 is 15.1 Å². The molecular weight excluding hydrogens is 328 g/mol. The van der Waals surface area contributed by atoms with Gasteiger partial charge in [-0.05, 0) is 24.6 Å². The van der Waals surface area contributed by atoms with Crippen molar-refractivity contribution < 1.29 is 9.59 Å². The highest BCUT2D eigenvalue weighted by atomic mass is 35.5. The van der Waals surface area contributed by atoms with Crippen molar-refractivity contribution >= 4 is 29.1 Å². The molecule has 0 radical (unpaired) electrons. The summed E-state index contributed by atoms with van der Waals surface area (Å²) >= 11 is 5.94. The minimum absolute atomic E-state index is 0.0191. The summed E-state index contributed by atoms with van der Waals surface area (Å²) in [7, 11) is 0. The van der Waals surface area contributed by atoms with Gasteiger partial charge in [-0.2, -0.15) is 5.26 Å². The molecule has 1 aromatic rings. The van der Waals surface area contributed by atoms with Crippen molar-refractivity contribution in [3.8, 4) is 6.07 Å². The number of anilines is 1. The van der Waals surface area contributed by atoms with Crippen molar-refractivity contribution in [1.82, 2.24) is 9.80 Å². The number of halogens is 1. The van der Waals surface area contributed by atoms with E-state index in [9.17, 15) is 14.9 Å². The Kier molecular flexibility index (Phi) is 5.83. The molecule has 0 aromatic heterocycles. The Bertz CT molecular complexity index is 716. The van der Waals surface area contributed by atoms with Gasteiger partial charge in [-0.1, -0.05) is 17.7 Å². The molecule has 1 saturated heterocycles. The van der Waals surface area contributed by atoms with Gasteiger partial charge in [0.05, 0.1) is 0 Å². The summed E-state index contributed by atoms with van der Waals surface area (Å²) in [4.78, 5) is 27.3. The normalized spacial score (nSPS) is 15.0. The zero-order chi connectivity index (χ0) is 17.7. The number of benzene rings is 1. The molecule has 1 fully saturated rings. The van der Waals surface area contributed by atoms with Crippen LogP contribution in [0.4, 0.5) is 5.69 Å². The number of nitrogens with zero attached hydrogens (tertiary/aromatic N) is 3. The third-order valence-electron chi connectivity index (χ3n) is 3.88. The number of carbonyl (C=O) groups is 2. The summed E-state index contributed by atoms with van der Waals surface area (Å²) in [6.45, 7) is 5.73. The number of rotatable bonds is 3. The fourth-order valence-corrected chi connectivity index (χ4v) is 2.58. The van der Waals surface area contributed by atoms with Crippen molar-refractivity contribution in [2.75, 3.05) is 31.5 Å². The summed E-state index contributed by atoms with van der Waals surface area (Å²) in [5.41, 5.74) is 1.46. The first-order valence-corrected chi connectivity index (χ1v) is 7.97. The first kappa shape index (κ1) is 17.8. The number of nitrogens with one attached hydrogen (secondary N) is 1. The van der Waals surface area contributed by atoms with Crippen molar-refractivity contribution in [2.24, 2.45) is 0 Å². The second kappa shape index (κ2) is 7.84. The topological polar surface area (TPSA) is 76.4 Å². The van der Waals surface area contributed by atoms with Crippen LogP contribution in [0.1, 0.15) is 12.5 Å². The van der Waals surface area contributed by atoms with E-state index in [-0.39, 0.29) is 11.5 Å². The van der Waals surface area contributed by atoms with Gasteiger partial charge >= 0.3 is 0 Å². The lowest BCUT2D eigenvalue weighted by Crippen LogP contribution is -2.46. The van der Waals surface area contributed by atoms with Crippen LogP contribution in [-0.4, -0.2) is 47.8 Å². The smallest absolute Gasteiger partial charge is 0.267 e. The molecule has 0 unspecified atom stereocenters. The van der Waals surface area contributed by atoms with Gasteiger partial charge in [0.15, 0.2) is 0 Å². The average Bonchev–Trinajstić information content (AvgIpc) is 2.56. The predicted octanol–water partition coefficient (Wildman–Crippen LogP) is 2.16. The molecule has 0 aliphatic carbocycles. The van der Waals surface area contributed by atoms with E-state index in [0.29, 0.717) is 36.9 Å². The lowest BCUT2D eigenvalue weighted by Gasteiger charge is -2.33. The summed E-state index contributed by atoms with van der Waals surface area (Å²) in [6, 6.07) is 7.12. The number of carbonyl (C=O) groups excluding carboxylic acids is 2. The Labute approximate surface area is 146 Å². The molecular formula is C17H19ClN4O2. The van der Waals surface area contributed by atoms with Crippen molar-refractivity contribution in [3.63, 3.8) is 0 Å². The lowest BCUT2D eigenvalue weighted by molar-refractivity contribution is -0.130.